The van der Waals surface area contributed by atoms with E-state index in [1.54, 1.807) is 13.1 Å². The van der Waals surface area contributed by atoms with E-state index >= 15 is 0 Å². The molecule has 0 spiro atoms. The van der Waals surface area contributed by atoms with Crippen molar-refractivity contribution in [2.45, 2.75) is 51.7 Å². The monoisotopic (exact) mass is 500 g/mol. The van der Waals surface area contributed by atoms with Crippen molar-refractivity contribution >= 4 is 5.97 Å². The number of ether oxygens (including phenoxy) is 2. The first-order valence-corrected chi connectivity index (χ1v) is 11.8. The van der Waals surface area contributed by atoms with Crippen LogP contribution in [0.5, 0.6) is 11.8 Å². The van der Waals surface area contributed by atoms with Gasteiger partial charge in [0.1, 0.15) is 29.4 Å². The summed E-state index contributed by atoms with van der Waals surface area (Å²) in [5, 5.41) is 17.7. The second-order valence-electron chi connectivity index (χ2n) is 9.30. The van der Waals surface area contributed by atoms with E-state index in [1.165, 1.54) is 10.9 Å². The summed E-state index contributed by atoms with van der Waals surface area (Å²) in [6, 6.07) is 4.57. The van der Waals surface area contributed by atoms with Gasteiger partial charge in [0.15, 0.2) is 0 Å². The zero-order chi connectivity index (χ0) is 25.4. The highest BCUT2D eigenvalue weighted by molar-refractivity contribution is 5.71. The number of aromatic nitrogens is 6. The summed E-state index contributed by atoms with van der Waals surface area (Å²) >= 11 is 0. The molecule has 3 heterocycles. The van der Waals surface area contributed by atoms with Crippen LogP contribution in [0.3, 0.4) is 0 Å². The summed E-state index contributed by atoms with van der Waals surface area (Å²) in [6.07, 6.45) is 1.75. The molecule has 1 N–H and O–H groups in total. The molecule has 2 fully saturated rings. The standard InChI is InChI=1S/C24H26F2N6O4/c1-12-20(36-14-9-13-3-4-15(23(33)34)16(13)10-14)6-5-17(28-12)21-19(32(2)31-30-21)11-35-24-27-8-7-18(29-24)22(25)26/h5-8,13-16,22H,3-4,9-11H2,1-2H3,(H,33,34)/t13-,14-,15-,16+/m0/s1. The molecule has 3 aromatic rings. The average Bonchev–Trinajstić information content (AvgIpc) is 3.53. The number of alkyl halides is 2. The van der Waals surface area contributed by atoms with Crippen molar-refractivity contribution in [3.8, 4) is 23.1 Å². The predicted octanol–water partition coefficient (Wildman–Crippen LogP) is 3.76. The van der Waals surface area contributed by atoms with E-state index in [9.17, 15) is 18.7 Å². The van der Waals surface area contributed by atoms with Crippen molar-refractivity contribution in [1.82, 2.24) is 29.9 Å². The lowest BCUT2D eigenvalue weighted by atomic mass is 9.92. The first-order valence-electron chi connectivity index (χ1n) is 11.8. The van der Waals surface area contributed by atoms with E-state index in [1.807, 2.05) is 13.0 Å². The van der Waals surface area contributed by atoms with Gasteiger partial charge in [0.2, 0.25) is 0 Å². The third-order valence-electron chi connectivity index (χ3n) is 7.12. The maximum Gasteiger partial charge on any atom is 0.317 e. The Morgan fingerprint density at radius 3 is 2.81 bits per heavy atom. The lowest BCUT2D eigenvalue weighted by Crippen LogP contribution is -2.21. The molecular formula is C24H26F2N6O4. The van der Waals surface area contributed by atoms with E-state index in [-0.39, 0.29) is 30.6 Å². The summed E-state index contributed by atoms with van der Waals surface area (Å²) < 4.78 is 39.1. The van der Waals surface area contributed by atoms with Crippen molar-refractivity contribution in [2.24, 2.45) is 24.8 Å². The normalized spacial score (nSPS) is 23.1. The van der Waals surface area contributed by atoms with Crippen LogP contribution in [-0.2, 0) is 18.4 Å². The minimum absolute atomic E-state index is 0.0296. The Labute approximate surface area is 205 Å². The molecule has 5 rings (SSSR count). The molecule has 0 radical (unpaired) electrons. The van der Waals surface area contributed by atoms with Gasteiger partial charge in [-0.1, -0.05) is 5.21 Å². The lowest BCUT2D eigenvalue weighted by Gasteiger charge is -2.18. The average molecular weight is 501 g/mol. The van der Waals surface area contributed by atoms with Crippen LogP contribution in [-0.4, -0.2) is 47.1 Å². The van der Waals surface area contributed by atoms with Crippen LogP contribution in [0.2, 0.25) is 0 Å². The van der Waals surface area contributed by atoms with Crippen LogP contribution in [0.25, 0.3) is 11.4 Å². The van der Waals surface area contributed by atoms with Crippen molar-refractivity contribution in [1.29, 1.82) is 0 Å². The number of rotatable bonds is 8. The van der Waals surface area contributed by atoms with Gasteiger partial charge in [-0.25, -0.2) is 23.4 Å². The molecule has 3 aromatic heterocycles. The number of aliphatic carboxylic acids is 1. The van der Waals surface area contributed by atoms with Crippen LogP contribution in [0.15, 0.2) is 24.4 Å². The van der Waals surface area contributed by atoms with Gasteiger partial charge < -0.3 is 14.6 Å². The number of hydrogen-bond acceptors (Lipinski definition) is 8. The lowest BCUT2D eigenvalue weighted by molar-refractivity contribution is -0.143. The van der Waals surface area contributed by atoms with Crippen molar-refractivity contribution in [3.63, 3.8) is 0 Å². The number of hydrogen-bond donors (Lipinski definition) is 1. The van der Waals surface area contributed by atoms with E-state index in [0.717, 1.165) is 31.7 Å². The topological polar surface area (TPSA) is 125 Å². The van der Waals surface area contributed by atoms with E-state index < -0.39 is 18.1 Å². The van der Waals surface area contributed by atoms with Crippen LogP contribution >= 0.6 is 0 Å². The fourth-order valence-corrected chi connectivity index (χ4v) is 5.34. The van der Waals surface area contributed by atoms with Crippen molar-refractivity contribution in [3.05, 3.63) is 41.5 Å². The summed E-state index contributed by atoms with van der Waals surface area (Å²) in [5.74, 6) is 0.242. The Morgan fingerprint density at radius 2 is 2.06 bits per heavy atom. The number of halogens is 2. The number of pyridine rings is 1. The number of carboxylic acids is 1. The first-order chi connectivity index (χ1) is 17.3. The number of nitrogens with zero attached hydrogens (tertiary/aromatic N) is 6. The maximum atomic E-state index is 12.9. The highest BCUT2D eigenvalue weighted by atomic mass is 19.3. The van der Waals surface area contributed by atoms with Gasteiger partial charge in [0, 0.05) is 13.2 Å². The molecule has 36 heavy (non-hydrogen) atoms. The van der Waals surface area contributed by atoms with Crippen LogP contribution in [0, 0.1) is 24.7 Å². The van der Waals surface area contributed by atoms with Crippen molar-refractivity contribution < 1.29 is 28.2 Å². The van der Waals surface area contributed by atoms with Crippen molar-refractivity contribution in [2.75, 3.05) is 0 Å². The molecule has 12 heteroatoms. The molecule has 0 bridgehead atoms. The highest BCUT2D eigenvalue weighted by Crippen LogP contribution is 2.48. The summed E-state index contributed by atoms with van der Waals surface area (Å²) in [4.78, 5) is 23.8. The molecule has 0 unspecified atom stereocenters. The van der Waals surface area contributed by atoms with Gasteiger partial charge in [-0.05, 0) is 62.6 Å². The van der Waals surface area contributed by atoms with E-state index in [4.69, 9.17) is 9.47 Å². The summed E-state index contributed by atoms with van der Waals surface area (Å²) in [7, 11) is 1.69. The third-order valence-corrected chi connectivity index (χ3v) is 7.12. The maximum absolute atomic E-state index is 12.9. The Balaban J connectivity index is 1.28. The third kappa shape index (κ3) is 4.71. The second-order valence-corrected chi connectivity index (χ2v) is 9.30. The fourth-order valence-electron chi connectivity index (χ4n) is 5.34. The Hall–Kier alpha value is -3.70. The Bertz CT molecular complexity index is 1270. The smallest absolute Gasteiger partial charge is 0.317 e. The fraction of sp³-hybridized carbons (Fsp3) is 0.500. The molecule has 2 saturated carbocycles. The molecule has 0 saturated heterocycles. The number of aryl methyl sites for hydroxylation is 2. The molecule has 10 nitrogen and oxygen atoms in total. The van der Waals surface area contributed by atoms with Gasteiger partial charge in [-0.3, -0.25) is 4.79 Å². The zero-order valence-corrected chi connectivity index (χ0v) is 19.8. The summed E-state index contributed by atoms with van der Waals surface area (Å²) in [6.45, 7) is 1.80. The molecule has 0 aromatic carbocycles. The van der Waals surface area contributed by atoms with Crippen LogP contribution in [0.1, 0.15) is 49.2 Å². The Kier molecular flexibility index (Phi) is 6.50. The van der Waals surface area contributed by atoms with Gasteiger partial charge in [0.05, 0.1) is 23.4 Å². The first kappa shape index (κ1) is 24.0. The largest absolute Gasteiger partial charge is 0.489 e. The van der Waals surface area contributed by atoms with Gasteiger partial charge >= 0.3 is 12.0 Å². The van der Waals surface area contributed by atoms with Gasteiger partial charge in [-0.2, -0.15) is 4.98 Å². The SMILES string of the molecule is Cc1nc(-c2nnn(C)c2COc2nccc(C(F)F)n2)ccc1O[C@H]1C[C@@H]2CC[C@H](C(=O)O)[C@@H]2C1. The van der Waals surface area contributed by atoms with E-state index in [0.29, 0.717) is 34.4 Å². The highest BCUT2D eigenvalue weighted by Gasteiger charge is 2.47. The Morgan fingerprint density at radius 1 is 1.22 bits per heavy atom. The predicted molar refractivity (Wildman–Crippen MR) is 121 cm³/mol. The van der Waals surface area contributed by atoms with Gasteiger partial charge in [-0.15, -0.1) is 5.10 Å². The molecular weight excluding hydrogens is 474 g/mol. The number of carbonyl (C=O) groups is 1. The molecule has 0 aliphatic heterocycles. The van der Waals surface area contributed by atoms with Crippen LogP contribution < -0.4 is 9.47 Å². The van der Waals surface area contributed by atoms with Gasteiger partial charge in [0.25, 0.3) is 6.43 Å². The quantitative estimate of drug-likeness (QED) is 0.492. The zero-order valence-electron chi connectivity index (χ0n) is 19.8. The number of carboxylic acid groups (broad SMARTS) is 1. The molecule has 2 aliphatic carbocycles. The van der Waals surface area contributed by atoms with Crippen LogP contribution in [0.4, 0.5) is 8.78 Å². The molecule has 190 valence electrons. The minimum Gasteiger partial charge on any atom is -0.489 e. The van der Waals surface area contributed by atoms with E-state index in [2.05, 4.69) is 25.3 Å². The molecule has 0 amide bonds. The minimum atomic E-state index is -2.72. The number of fused-ring (bicyclic) bond motifs is 1. The molecule has 4 atom stereocenters. The summed E-state index contributed by atoms with van der Waals surface area (Å²) in [5.41, 5.74) is 1.87. The molecule has 2 aliphatic rings. The second kappa shape index (κ2) is 9.75.